The summed E-state index contributed by atoms with van der Waals surface area (Å²) in [5, 5.41) is 0. The first-order valence-electron chi connectivity index (χ1n) is 12.0. The van der Waals surface area contributed by atoms with Gasteiger partial charge in [0.05, 0.1) is 18.7 Å². The fraction of sp³-hybridized carbons (Fsp3) is 0.333. The molecule has 1 unspecified atom stereocenters. The van der Waals surface area contributed by atoms with E-state index < -0.39 is 6.61 Å². The summed E-state index contributed by atoms with van der Waals surface area (Å²) < 4.78 is 37.3. The molecule has 1 aliphatic heterocycles. The van der Waals surface area contributed by atoms with Crippen molar-refractivity contribution < 1.29 is 23.0 Å². The zero-order chi connectivity index (χ0) is 25.7. The highest BCUT2D eigenvalue weighted by Crippen LogP contribution is 2.59. The van der Waals surface area contributed by atoms with E-state index in [9.17, 15) is 13.6 Å². The van der Waals surface area contributed by atoms with Gasteiger partial charge in [-0.25, -0.2) is 15.0 Å². The smallest absolute Gasteiger partial charge is 0.387 e. The molecule has 37 heavy (non-hydrogen) atoms. The Morgan fingerprint density at radius 1 is 1.14 bits per heavy atom. The third kappa shape index (κ3) is 4.16. The number of aryl methyl sites for hydroxylation is 1. The topological polar surface area (TPSA) is 81.8 Å². The van der Waals surface area contributed by atoms with E-state index in [1.54, 1.807) is 36.7 Å². The average molecular weight is 506 g/mol. The van der Waals surface area contributed by atoms with E-state index in [4.69, 9.17) is 9.47 Å². The summed E-state index contributed by atoms with van der Waals surface area (Å²) in [4.78, 5) is 27.6. The third-order valence-corrected chi connectivity index (χ3v) is 7.41. The molecular formula is C27H25F2N5O3. The largest absolute Gasteiger partial charge is 0.469 e. The number of pyridine rings is 1. The number of nitrogens with zero attached hydrogens (tertiary/aromatic N) is 5. The zero-order valence-electron chi connectivity index (χ0n) is 20.4. The second-order valence-electron chi connectivity index (χ2n) is 9.72. The summed E-state index contributed by atoms with van der Waals surface area (Å²) >= 11 is 0. The number of hydrogen-bond acceptors (Lipinski definition) is 7. The fourth-order valence-corrected chi connectivity index (χ4v) is 5.30. The van der Waals surface area contributed by atoms with Gasteiger partial charge in [-0.05, 0) is 31.5 Å². The molecule has 4 aromatic rings. The summed E-state index contributed by atoms with van der Waals surface area (Å²) in [6.45, 7) is 0.527. The van der Waals surface area contributed by atoms with Gasteiger partial charge in [0.1, 0.15) is 11.4 Å². The van der Waals surface area contributed by atoms with E-state index >= 15 is 0 Å². The molecule has 190 valence electrons. The maximum atomic E-state index is 12.9. The second kappa shape index (κ2) is 8.79. The van der Waals surface area contributed by atoms with Gasteiger partial charge >= 0.3 is 12.6 Å². The lowest BCUT2D eigenvalue weighted by molar-refractivity contribution is -0.143. The molecule has 1 spiro atoms. The Kier molecular flexibility index (Phi) is 5.54. The van der Waals surface area contributed by atoms with Crippen molar-refractivity contribution in [3.8, 4) is 16.9 Å². The monoisotopic (exact) mass is 505 g/mol. The van der Waals surface area contributed by atoms with E-state index in [1.807, 2.05) is 29.7 Å². The first-order chi connectivity index (χ1) is 17.9. The molecular weight excluding hydrogens is 480 g/mol. The predicted octanol–water partition coefficient (Wildman–Crippen LogP) is 4.29. The minimum atomic E-state index is -2.89. The molecule has 0 bridgehead atoms. The van der Waals surface area contributed by atoms with Gasteiger partial charge in [0.2, 0.25) is 5.95 Å². The van der Waals surface area contributed by atoms with Gasteiger partial charge < -0.3 is 18.8 Å². The number of alkyl halides is 2. The van der Waals surface area contributed by atoms with Gasteiger partial charge in [0.15, 0.2) is 0 Å². The van der Waals surface area contributed by atoms with Crippen molar-refractivity contribution in [3.05, 3.63) is 71.9 Å². The number of esters is 1. The maximum absolute atomic E-state index is 12.9. The highest BCUT2D eigenvalue weighted by atomic mass is 19.3. The molecule has 0 radical (unpaired) electrons. The quantitative estimate of drug-likeness (QED) is 0.347. The Bertz CT molecular complexity index is 1480. The highest BCUT2D eigenvalue weighted by Gasteiger charge is 2.65. The van der Waals surface area contributed by atoms with Gasteiger partial charge in [-0.3, -0.25) is 4.79 Å². The number of hydrogen-bond donors (Lipinski definition) is 0. The molecule has 1 saturated heterocycles. The van der Waals surface area contributed by atoms with Crippen LogP contribution in [0.25, 0.3) is 16.8 Å². The lowest BCUT2D eigenvalue weighted by atomic mass is 9.94. The minimum Gasteiger partial charge on any atom is -0.469 e. The van der Waals surface area contributed by atoms with Crippen LogP contribution in [0.5, 0.6) is 5.75 Å². The zero-order valence-corrected chi connectivity index (χ0v) is 20.4. The number of ether oxygens (including phenoxy) is 2. The van der Waals surface area contributed by atoms with Crippen molar-refractivity contribution in [1.29, 1.82) is 0 Å². The number of carbonyl (C=O) groups is 1. The molecule has 8 nitrogen and oxygen atoms in total. The Labute approximate surface area is 211 Å². The molecule has 1 aromatic carbocycles. The van der Waals surface area contributed by atoms with Crippen molar-refractivity contribution in [1.82, 2.24) is 19.4 Å². The van der Waals surface area contributed by atoms with Crippen molar-refractivity contribution in [2.75, 3.05) is 25.1 Å². The van der Waals surface area contributed by atoms with Crippen molar-refractivity contribution in [2.24, 2.45) is 11.3 Å². The highest BCUT2D eigenvalue weighted by molar-refractivity contribution is 5.78. The van der Waals surface area contributed by atoms with Crippen LogP contribution < -0.4 is 9.64 Å². The molecule has 1 aliphatic carbocycles. The molecule has 0 N–H and O–H groups in total. The normalized spacial score (nSPS) is 17.8. The Morgan fingerprint density at radius 3 is 2.62 bits per heavy atom. The number of methoxy groups -OCH3 is 1. The van der Waals surface area contributed by atoms with E-state index in [2.05, 4.69) is 19.9 Å². The van der Waals surface area contributed by atoms with E-state index in [1.165, 1.54) is 7.11 Å². The number of aromatic nitrogens is 4. The predicted molar refractivity (Wildman–Crippen MR) is 132 cm³/mol. The molecule has 10 heteroatoms. The number of imidazole rings is 1. The lowest BCUT2D eigenvalue weighted by Crippen LogP contribution is -2.51. The fourth-order valence-electron chi connectivity index (χ4n) is 5.30. The second-order valence-corrected chi connectivity index (χ2v) is 9.72. The standard InChI is InChI=1S/C27H25F2N5O3/c1-16-21(9-17-5-3-4-6-22(17)37-25(28)29)34-13-18(7-8-23(34)32-16)19-11-30-26(31-12-19)33-14-27(15-33)10-20(27)24(35)36-2/h3-8,11-13,20,25H,9-10,14-15H2,1-2H3. The van der Waals surface area contributed by atoms with E-state index in [-0.39, 0.29) is 23.1 Å². The molecule has 4 heterocycles. The van der Waals surface area contributed by atoms with Crippen LogP contribution in [0.3, 0.4) is 0 Å². The molecule has 0 amide bonds. The van der Waals surface area contributed by atoms with Crippen LogP contribution >= 0.6 is 0 Å². The number of fused-ring (bicyclic) bond motifs is 1. The van der Waals surface area contributed by atoms with E-state index in [0.29, 0.717) is 17.9 Å². The molecule has 1 saturated carbocycles. The van der Waals surface area contributed by atoms with Gasteiger partial charge in [0.25, 0.3) is 0 Å². The Hall–Kier alpha value is -4.08. The molecule has 3 aromatic heterocycles. The van der Waals surface area contributed by atoms with Gasteiger partial charge in [-0.15, -0.1) is 0 Å². The van der Waals surface area contributed by atoms with E-state index in [0.717, 1.165) is 47.7 Å². The summed E-state index contributed by atoms with van der Waals surface area (Å²) in [7, 11) is 1.43. The van der Waals surface area contributed by atoms with Crippen molar-refractivity contribution >= 4 is 17.6 Å². The molecule has 6 rings (SSSR count). The summed E-state index contributed by atoms with van der Waals surface area (Å²) in [6, 6.07) is 10.7. The lowest BCUT2D eigenvalue weighted by Gasteiger charge is -2.40. The SMILES string of the molecule is COC(=O)C1CC12CN(c1ncc(-c3ccc4nc(C)c(Cc5ccccc5OC(F)F)n4c3)cn1)C2. The first kappa shape index (κ1) is 23.3. The number of halogens is 2. The Morgan fingerprint density at radius 2 is 1.89 bits per heavy atom. The average Bonchev–Trinajstić information content (AvgIpc) is 3.56. The minimum absolute atomic E-state index is 0.0125. The number of para-hydroxylation sites is 1. The van der Waals surface area contributed by atoms with Crippen LogP contribution in [0.1, 0.15) is 23.4 Å². The van der Waals surface area contributed by atoms with Crippen LogP contribution in [0.4, 0.5) is 14.7 Å². The van der Waals surface area contributed by atoms with Crippen LogP contribution in [-0.2, 0) is 16.0 Å². The van der Waals surface area contributed by atoms with Crippen molar-refractivity contribution in [3.63, 3.8) is 0 Å². The number of rotatable bonds is 7. The molecule has 2 aliphatic rings. The summed E-state index contributed by atoms with van der Waals surface area (Å²) in [5.74, 6) is 0.650. The van der Waals surface area contributed by atoms with Crippen molar-refractivity contribution in [2.45, 2.75) is 26.4 Å². The molecule has 1 atom stereocenters. The Balaban J connectivity index is 1.22. The number of carbonyl (C=O) groups excluding carboxylic acids is 1. The first-order valence-corrected chi connectivity index (χ1v) is 12.0. The van der Waals surface area contributed by atoms with Gasteiger partial charge in [-0.2, -0.15) is 8.78 Å². The van der Waals surface area contributed by atoms with Crippen LogP contribution in [0.2, 0.25) is 0 Å². The van der Waals surface area contributed by atoms with Gasteiger partial charge in [-0.1, -0.05) is 18.2 Å². The summed E-state index contributed by atoms with van der Waals surface area (Å²) in [5.41, 5.74) is 4.89. The van der Waals surface area contributed by atoms with Crippen LogP contribution in [0.15, 0.2) is 55.0 Å². The molecule has 2 fully saturated rings. The number of anilines is 1. The third-order valence-electron chi connectivity index (χ3n) is 7.41. The summed E-state index contributed by atoms with van der Waals surface area (Å²) in [6.07, 6.45) is 6.78. The van der Waals surface area contributed by atoms with Crippen LogP contribution in [0, 0.1) is 18.3 Å². The number of benzene rings is 1. The van der Waals surface area contributed by atoms with Gasteiger partial charge in [0, 0.05) is 65.9 Å². The van der Waals surface area contributed by atoms with Crippen LogP contribution in [-0.4, -0.2) is 52.1 Å². The maximum Gasteiger partial charge on any atom is 0.387 e.